The second-order valence-electron chi connectivity index (χ2n) is 4.32. The van der Waals surface area contributed by atoms with E-state index in [4.69, 9.17) is 23.2 Å². The fourth-order valence-electron chi connectivity index (χ4n) is 1.92. The molecule has 0 spiro atoms. The first-order valence-electron chi connectivity index (χ1n) is 6.27. The van der Waals surface area contributed by atoms with Gasteiger partial charge < -0.3 is 5.32 Å². The van der Waals surface area contributed by atoms with Gasteiger partial charge in [-0.2, -0.15) is 5.10 Å². The molecule has 3 nitrogen and oxygen atoms in total. The summed E-state index contributed by atoms with van der Waals surface area (Å²) in [6, 6.07) is 4.01. The Labute approximate surface area is 127 Å². The van der Waals surface area contributed by atoms with E-state index in [2.05, 4.69) is 23.4 Å². The van der Waals surface area contributed by atoms with Crippen LogP contribution in [0, 0.1) is 0 Å². The Bertz CT molecular complexity index is 548. The van der Waals surface area contributed by atoms with Gasteiger partial charge in [0.15, 0.2) is 0 Å². The first-order valence-corrected chi connectivity index (χ1v) is 7.84. The van der Waals surface area contributed by atoms with Gasteiger partial charge in [-0.05, 0) is 25.0 Å². The first kappa shape index (κ1) is 14.9. The normalized spacial score (nSPS) is 11.2. The molecule has 0 aliphatic carbocycles. The van der Waals surface area contributed by atoms with E-state index >= 15 is 0 Å². The van der Waals surface area contributed by atoms with E-state index in [1.54, 1.807) is 11.3 Å². The summed E-state index contributed by atoms with van der Waals surface area (Å²) in [6.07, 6.45) is 1.84. The monoisotopic (exact) mass is 317 g/mol. The predicted molar refractivity (Wildman–Crippen MR) is 82.3 cm³/mol. The zero-order chi connectivity index (χ0) is 13.8. The van der Waals surface area contributed by atoms with Crippen molar-refractivity contribution in [3.05, 3.63) is 37.8 Å². The summed E-state index contributed by atoms with van der Waals surface area (Å²) in [4.78, 5) is 1.29. The maximum Gasteiger partial charge on any atom is 0.0931 e. The average molecular weight is 318 g/mol. The van der Waals surface area contributed by atoms with Crippen LogP contribution in [0.2, 0.25) is 9.36 Å². The van der Waals surface area contributed by atoms with Crippen LogP contribution in [0.5, 0.6) is 0 Å². The number of nitrogens with one attached hydrogen (secondary N) is 1. The molecule has 2 aromatic heterocycles. The molecule has 0 atom stereocenters. The summed E-state index contributed by atoms with van der Waals surface area (Å²) in [5.41, 5.74) is 2.01. The van der Waals surface area contributed by atoms with Gasteiger partial charge in [0.2, 0.25) is 0 Å². The fraction of sp³-hybridized carbons (Fsp3) is 0.462. The Kier molecular flexibility index (Phi) is 5.28. The van der Waals surface area contributed by atoms with Gasteiger partial charge in [-0.15, -0.1) is 11.3 Å². The lowest BCUT2D eigenvalue weighted by atomic mass is 10.3. The van der Waals surface area contributed by atoms with E-state index in [-0.39, 0.29) is 0 Å². The van der Waals surface area contributed by atoms with Gasteiger partial charge in [0, 0.05) is 25.0 Å². The van der Waals surface area contributed by atoms with Crippen LogP contribution in [-0.4, -0.2) is 16.3 Å². The molecule has 0 unspecified atom stereocenters. The Morgan fingerprint density at radius 1 is 1.37 bits per heavy atom. The summed E-state index contributed by atoms with van der Waals surface area (Å²) >= 11 is 13.8. The molecule has 0 amide bonds. The third kappa shape index (κ3) is 3.72. The van der Waals surface area contributed by atoms with Crippen LogP contribution in [0.4, 0.5) is 0 Å². The largest absolute Gasteiger partial charge is 0.311 e. The van der Waals surface area contributed by atoms with Crippen molar-refractivity contribution in [3.63, 3.8) is 0 Å². The molecule has 0 radical (unpaired) electrons. The molecule has 0 bridgehead atoms. The lowest BCUT2D eigenvalue weighted by Crippen LogP contribution is -2.18. The van der Waals surface area contributed by atoms with Crippen molar-refractivity contribution in [1.29, 1.82) is 0 Å². The van der Waals surface area contributed by atoms with Crippen LogP contribution < -0.4 is 5.32 Å². The van der Waals surface area contributed by atoms with Gasteiger partial charge >= 0.3 is 0 Å². The molecule has 6 heteroatoms. The van der Waals surface area contributed by atoms with E-state index in [1.165, 1.54) is 4.88 Å². The van der Waals surface area contributed by atoms with Crippen LogP contribution in [0.1, 0.15) is 23.2 Å². The number of hydrogen-bond donors (Lipinski definition) is 1. The highest BCUT2D eigenvalue weighted by atomic mass is 35.5. The summed E-state index contributed by atoms with van der Waals surface area (Å²) < 4.78 is 2.70. The first-order chi connectivity index (χ1) is 9.11. The third-order valence-corrected chi connectivity index (χ3v) is 4.70. The highest BCUT2D eigenvalue weighted by Gasteiger charge is 2.12. The van der Waals surface area contributed by atoms with Crippen LogP contribution in [0.3, 0.4) is 0 Å². The second kappa shape index (κ2) is 6.75. The number of halogens is 2. The standard InChI is InChI=1S/C13H17Cl2N3S/c1-3-10-13(15)11(18(2)17-10)8-16-7-6-9-4-5-12(14)19-9/h4-5,16H,3,6-8H2,1-2H3. The molecule has 19 heavy (non-hydrogen) atoms. The lowest BCUT2D eigenvalue weighted by Gasteiger charge is -2.05. The van der Waals surface area contributed by atoms with E-state index < -0.39 is 0 Å². The average Bonchev–Trinajstić information content (AvgIpc) is 2.91. The highest BCUT2D eigenvalue weighted by Crippen LogP contribution is 2.22. The Hall–Kier alpha value is -0.550. The minimum Gasteiger partial charge on any atom is -0.311 e. The van der Waals surface area contributed by atoms with Crippen molar-refractivity contribution in [2.75, 3.05) is 6.54 Å². The Morgan fingerprint density at radius 3 is 2.74 bits per heavy atom. The molecule has 0 saturated carbocycles. The zero-order valence-corrected chi connectivity index (χ0v) is 13.4. The van der Waals surface area contributed by atoms with Crippen molar-refractivity contribution >= 4 is 34.5 Å². The van der Waals surface area contributed by atoms with Gasteiger partial charge in [-0.1, -0.05) is 30.1 Å². The lowest BCUT2D eigenvalue weighted by molar-refractivity contribution is 0.625. The highest BCUT2D eigenvalue weighted by molar-refractivity contribution is 7.16. The van der Waals surface area contributed by atoms with Crippen LogP contribution in [0.25, 0.3) is 0 Å². The van der Waals surface area contributed by atoms with Crippen LogP contribution >= 0.6 is 34.5 Å². The SMILES string of the molecule is CCc1nn(C)c(CNCCc2ccc(Cl)s2)c1Cl. The fourth-order valence-corrected chi connectivity index (χ4v) is 3.36. The van der Waals surface area contributed by atoms with E-state index in [9.17, 15) is 0 Å². The smallest absolute Gasteiger partial charge is 0.0931 e. The molecule has 2 rings (SSSR count). The molecule has 1 N–H and O–H groups in total. The summed E-state index contributed by atoms with van der Waals surface area (Å²) in [5, 5.41) is 8.58. The van der Waals surface area contributed by atoms with Crippen LogP contribution in [-0.2, 0) is 26.4 Å². The maximum absolute atomic E-state index is 6.29. The van der Waals surface area contributed by atoms with Crippen molar-refractivity contribution in [2.45, 2.75) is 26.3 Å². The Balaban J connectivity index is 1.84. The van der Waals surface area contributed by atoms with E-state index in [1.807, 2.05) is 17.8 Å². The molecule has 0 aromatic carbocycles. The topological polar surface area (TPSA) is 29.9 Å². The number of thiophene rings is 1. The summed E-state index contributed by atoms with van der Waals surface area (Å²) in [6.45, 7) is 3.70. The summed E-state index contributed by atoms with van der Waals surface area (Å²) in [5.74, 6) is 0. The molecule has 0 saturated heterocycles. The number of aryl methyl sites for hydroxylation is 2. The number of aromatic nitrogens is 2. The van der Waals surface area contributed by atoms with Crippen LogP contribution in [0.15, 0.2) is 12.1 Å². The van der Waals surface area contributed by atoms with Gasteiger partial charge in [-0.25, -0.2) is 0 Å². The summed E-state index contributed by atoms with van der Waals surface area (Å²) in [7, 11) is 1.93. The molecule has 2 aromatic rings. The minimum absolute atomic E-state index is 0.738. The number of nitrogens with zero attached hydrogens (tertiary/aromatic N) is 2. The van der Waals surface area contributed by atoms with Crippen molar-refractivity contribution in [1.82, 2.24) is 15.1 Å². The van der Waals surface area contributed by atoms with Gasteiger partial charge in [-0.3, -0.25) is 4.68 Å². The molecule has 104 valence electrons. The molecular weight excluding hydrogens is 301 g/mol. The van der Waals surface area contributed by atoms with Crippen molar-refractivity contribution in [2.24, 2.45) is 7.05 Å². The zero-order valence-electron chi connectivity index (χ0n) is 11.0. The van der Waals surface area contributed by atoms with Gasteiger partial charge in [0.1, 0.15) is 0 Å². The third-order valence-electron chi connectivity index (χ3n) is 2.97. The molecule has 0 fully saturated rings. The van der Waals surface area contributed by atoms with Crippen molar-refractivity contribution < 1.29 is 0 Å². The Morgan fingerprint density at radius 2 is 2.16 bits per heavy atom. The number of hydrogen-bond acceptors (Lipinski definition) is 3. The molecule has 0 aliphatic heterocycles. The van der Waals surface area contributed by atoms with E-state index in [0.717, 1.165) is 46.7 Å². The maximum atomic E-state index is 6.29. The molecule has 0 aliphatic rings. The second-order valence-corrected chi connectivity index (χ2v) is 6.49. The van der Waals surface area contributed by atoms with Gasteiger partial charge in [0.05, 0.1) is 20.7 Å². The molecule has 2 heterocycles. The molecular formula is C13H17Cl2N3S. The quantitative estimate of drug-likeness (QED) is 0.824. The van der Waals surface area contributed by atoms with Crippen molar-refractivity contribution in [3.8, 4) is 0 Å². The van der Waals surface area contributed by atoms with Gasteiger partial charge in [0.25, 0.3) is 0 Å². The van der Waals surface area contributed by atoms with E-state index in [0.29, 0.717) is 0 Å². The predicted octanol–water partition coefficient (Wildman–Crippen LogP) is 3.68. The number of rotatable bonds is 6. The minimum atomic E-state index is 0.738.